The maximum Gasteiger partial charge on any atom is 0.514 e. The highest BCUT2D eigenvalue weighted by Gasteiger charge is 2.27. The van der Waals surface area contributed by atoms with E-state index in [0.717, 1.165) is 12.4 Å². The van der Waals surface area contributed by atoms with Crippen molar-refractivity contribution in [3.63, 3.8) is 0 Å². The molecule has 0 N–H and O–H groups in total. The summed E-state index contributed by atoms with van der Waals surface area (Å²) in [4.78, 5) is 15.0. The van der Waals surface area contributed by atoms with E-state index in [4.69, 9.17) is 18.9 Å². The summed E-state index contributed by atoms with van der Waals surface area (Å²) in [5.41, 5.74) is 0. The topological polar surface area (TPSA) is 66.4 Å². The van der Waals surface area contributed by atoms with Gasteiger partial charge in [-0.05, 0) is 19.9 Å². The van der Waals surface area contributed by atoms with E-state index < -0.39 is 6.16 Å². The van der Waals surface area contributed by atoms with Gasteiger partial charge in [-0.2, -0.15) is 0 Å². The molecule has 1 fully saturated rings. The van der Waals surface area contributed by atoms with E-state index in [0.29, 0.717) is 25.4 Å². The third-order valence-corrected chi connectivity index (χ3v) is 2.62. The predicted molar refractivity (Wildman–Crippen MR) is 63.4 cm³/mol. The molecule has 1 saturated heterocycles. The quantitative estimate of drug-likeness (QED) is 0.699. The van der Waals surface area contributed by atoms with Crippen LogP contribution in [0.15, 0.2) is 16.8 Å². The molecule has 18 heavy (non-hydrogen) atoms. The van der Waals surface area contributed by atoms with Crippen LogP contribution in [0.4, 0.5) is 4.79 Å². The largest absolute Gasteiger partial charge is 0.514 e. The molecule has 6 heteroatoms. The van der Waals surface area contributed by atoms with Gasteiger partial charge in [0.15, 0.2) is 17.8 Å². The molecule has 0 spiro atoms. The van der Waals surface area contributed by atoms with Gasteiger partial charge in [0.1, 0.15) is 6.61 Å². The first-order valence-corrected chi connectivity index (χ1v) is 6.03. The van der Waals surface area contributed by atoms with Crippen molar-refractivity contribution in [1.82, 2.24) is 0 Å². The minimum atomic E-state index is -0.658. The Hall–Kier alpha value is -1.56. The second-order valence-corrected chi connectivity index (χ2v) is 4.13. The standard InChI is InChI=1S/C12H17NO5/c1-8(7-10-9(2)17-12(14)18-10)15-5-3-11-13-4-6-16-11/h7-9H,3-6H2,1-2H3. The molecule has 2 unspecified atom stereocenters. The van der Waals surface area contributed by atoms with Crippen LogP contribution in [0.1, 0.15) is 20.3 Å². The van der Waals surface area contributed by atoms with Gasteiger partial charge in [-0.25, -0.2) is 4.79 Å². The van der Waals surface area contributed by atoms with E-state index in [9.17, 15) is 4.79 Å². The Morgan fingerprint density at radius 2 is 2.44 bits per heavy atom. The zero-order valence-corrected chi connectivity index (χ0v) is 10.5. The summed E-state index contributed by atoms with van der Waals surface area (Å²) in [5.74, 6) is 1.25. The van der Waals surface area contributed by atoms with Crippen LogP contribution < -0.4 is 0 Å². The molecule has 0 radical (unpaired) electrons. The first-order chi connectivity index (χ1) is 8.65. The van der Waals surface area contributed by atoms with Crippen LogP contribution in [-0.2, 0) is 18.9 Å². The third-order valence-electron chi connectivity index (χ3n) is 2.62. The monoisotopic (exact) mass is 255 g/mol. The minimum absolute atomic E-state index is 0.154. The van der Waals surface area contributed by atoms with E-state index in [1.54, 1.807) is 13.0 Å². The molecule has 100 valence electrons. The molecule has 2 rings (SSSR count). The Balaban J connectivity index is 1.72. The van der Waals surface area contributed by atoms with Gasteiger partial charge in [-0.1, -0.05) is 0 Å². The van der Waals surface area contributed by atoms with E-state index >= 15 is 0 Å². The minimum Gasteiger partial charge on any atom is -0.479 e. The van der Waals surface area contributed by atoms with Crippen molar-refractivity contribution in [2.45, 2.75) is 32.5 Å². The van der Waals surface area contributed by atoms with E-state index in [-0.39, 0.29) is 12.2 Å². The van der Waals surface area contributed by atoms with Gasteiger partial charge in [0.25, 0.3) is 0 Å². The van der Waals surface area contributed by atoms with Crippen molar-refractivity contribution >= 4 is 12.1 Å². The molecular weight excluding hydrogens is 238 g/mol. The van der Waals surface area contributed by atoms with Gasteiger partial charge in [-0.3, -0.25) is 4.99 Å². The Morgan fingerprint density at radius 3 is 3.06 bits per heavy atom. The molecule has 2 atom stereocenters. The van der Waals surface area contributed by atoms with Crippen LogP contribution in [0.5, 0.6) is 0 Å². The van der Waals surface area contributed by atoms with Crippen molar-refractivity contribution in [3.05, 3.63) is 11.8 Å². The summed E-state index contributed by atoms with van der Waals surface area (Å²) in [5, 5.41) is 0. The number of carbonyl (C=O) groups excluding carboxylic acids is 1. The Morgan fingerprint density at radius 1 is 1.61 bits per heavy atom. The number of carbonyl (C=O) groups is 1. The Kier molecular flexibility index (Phi) is 4.19. The third kappa shape index (κ3) is 3.46. The van der Waals surface area contributed by atoms with Gasteiger partial charge < -0.3 is 18.9 Å². The lowest BCUT2D eigenvalue weighted by atomic mass is 10.2. The second kappa shape index (κ2) is 5.86. The maximum absolute atomic E-state index is 10.9. The first-order valence-electron chi connectivity index (χ1n) is 6.03. The molecule has 0 saturated carbocycles. The SMILES string of the molecule is CC(C=C1OC(=O)OC1C)OCCC1=NCCO1. The van der Waals surface area contributed by atoms with Crippen molar-refractivity contribution in [3.8, 4) is 0 Å². The highest BCUT2D eigenvalue weighted by Crippen LogP contribution is 2.19. The summed E-state index contributed by atoms with van der Waals surface area (Å²) in [6.07, 6.45) is 1.26. The highest BCUT2D eigenvalue weighted by atomic mass is 16.8. The number of aliphatic imine (C=N–C) groups is 1. The van der Waals surface area contributed by atoms with Crippen LogP contribution in [0, 0.1) is 0 Å². The van der Waals surface area contributed by atoms with Gasteiger partial charge in [0, 0.05) is 6.42 Å². The van der Waals surface area contributed by atoms with Crippen molar-refractivity contribution in [2.75, 3.05) is 19.8 Å². The number of ether oxygens (including phenoxy) is 4. The molecule has 0 amide bonds. The average Bonchev–Trinajstić information content (AvgIpc) is 2.90. The fraction of sp³-hybridized carbons (Fsp3) is 0.667. The lowest BCUT2D eigenvalue weighted by molar-refractivity contribution is 0.0979. The highest BCUT2D eigenvalue weighted by molar-refractivity contribution is 5.77. The fourth-order valence-corrected chi connectivity index (χ4v) is 1.72. The maximum atomic E-state index is 10.9. The number of rotatable bonds is 5. The van der Waals surface area contributed by atoms with Crippen LogP contribution in [0.3, 0.4) is 0 Å². The second-order valence-electron chi connectivity index (χ2n) is 4.13. The summed E-state index contributed by atoms with van der Waals surface area (Å²) < 4.78 is 20.6. The number of hydrogen-bond donors (Lipinski definition) is 0. The molecular formula is C12H17NO5. The number of cyclic esters (lactones) is 2. The molecule has 0 aromatic heterocycles. The zero-order valence-electron chi connectivity index (χ0n) is 10.5. The van der Waals surface area contributed by atoms with Crippen molar-refractivity contribution < 1.29 is 23.7 Å². The smallest absolute Gasteiger partial charge is 0.479 e. The summed E-state index contributed by atoms with van der Waals surface area (Å²) in [6.45, 7) is 5.56. The average molecular weight is 255 g/mol. The van der Waals surface area contributed by atoms with E-state index in [1.807, 2.05) is 6.92 Å². The van der Waals surface area contributed by atoms with Crippen LogP contribution in [-0.4, -0.2) is 44.0 Å². The normalized spacial score (nSPS) is 26.6. The molecule has 0 aromatic carbocycles. The lowest BCUT2D eigenvalue weighted by Gasteiger charge is -2.10. The van der Waals surface area contributed by atoms with Crippen molar-refractivity contribution in [2.24, 2.45) is 4.99 Å². The summed E-state index contributed by atoms with van der Waals surface area (Å²) in [7, 11) is 0. The number of hydrogen-bond acceptors (Lipinski definition) is 6. The van der Waals surface area contributed by atoms with Crippen molar-refractivity contribution in [1.29, 1.82) is 0 Å². The van der Waals surface area contributed by atoms with Gasteiger partial charge in [0.2, 0.25) is 0 Å². The molecule has 0 bridgehead atoms. The van der Waals surface area contributed by atoms with Crippen LogP contribution in [0.25, 0.3) is 0 Å². The fourth-order valence-electron chi connectivity index (χ4n) is 1.72. The lowest BCUT2D eigenvalue weighted by Crippen LogP contribution is -2.12. The molecule has 2 heterocycles. The van der Waals surface area contributed by atoms with Gasteiger partial charge in [-0.15, -0.1) is 0 Å². The molecule has 6 nitrogen and oxygen atoms in total. The van der Waals surface area contributed by atoms with Crippen LogP contribution in [0.2, 0.25) is 0 Å². The molecule has 0 aromatic rings. The number of nitrogens with zero attached hydrogens (tertiary/aromatic N) is 1. The summed E-state index contributed by atoms with van der Waals surface area (Å²) >= 11 is 0. The van der Waals surface area contributed by atoms with Gasteiger partial charge in [0.05, 0.1) is 19.3 Å². The Bertz CT molecular complexity index is 377. The molecule has 2 aliphatic heterocycles. The van der Waals surface area contributed by atoms with Gasteiger partial charge >= 0.3 is 6.16 Å². The van der Waals surface area contributed by atoms with E-state index in [2.05, 4.69) is 4.99 Å². The zero-order chi connectivity index (χ0) is 13.0. The van der Waals surface area contributed by atoms with E-state index in [1.165, 1.54) is 0 Å². The predicted octanol–water partition coefficient (Wildman–Crippen LogP) is 1.65. The Labute approximate surface area is 106 Å². The summed E-state index contributed by atoms with van der Waals surface area (Å²) in [6, 6.07) is 0. The van der Waals surface area contributed by atoms with Crippen LogP contribution >= 0.6 is 0 Å². The molecule has 0 aliphatic carbocycles. The first kappa shape index (κ1) is 12.9. The molecule has 2 aliphatic rings.